The molecule has 1 unspecified atom stereocenters. The maximum atomic E-state index is 11.6. The highest BCUT2D eigenvalue weighted by molar-refractivity contribution is 5.86. The number of rotatable bonds is 2. The molecule has 1 fully saturated rings. The van der Waals surface area contributed by atoms with Gasteiger partial charge < -0.3 is 10.2 Å². The molecule has 12 heavy (non-hydrogen) atoms. The number of Topliss-reactive ketones (excluding diaryl/α,β-unsaturated/α-hetero) is 1. The average Bonchev–Trinajstić information content (AvgIpc) is 2.03. The molecule has 1 heterocycles. The lowest BCUT2D eigenvalue weighted by molar-refractivity contribution is -0.124. The summed E-state index contributed by atoms with van der Waals surface area (Å²) in [6.45, 7) is 6.75. The maximum absolute atomic E-state index is 11.6. The Labute approximate surface area is 74.1 Å². The molecule has 1 atom stereocenters. The van der Waals surface area contributed by atoms with Crippen molar-refractivity contribution in [1.29, 1.82) is 0 Å². The molecule has 0 amide bonds. The molecule has 3 nitrogen and oxygen atoms in total. The predicted molar refractivity (Wildman–Crippen MR) is 49.1 cm³/mol. The molecule has 0 aliphatic carbocycles. The van der Waals surface area contributed by atoms with E-state index in [1.807, 2.05) is 13.8 Å². The van der Waals surface area contributed by atoms with Crippen LogP contribution in [0.4, 0.5) is 0 Å². The third-order valence-corrected chi connectivity index (χ3v) is 2.29. The second-order valence-corrected chi connectivity index (χ2v) is 3.83. The highest BCUT2D eigenvalue weighted by atomic mass is 16.1. The molecule has 0 radical (unpaired) electrons. The van der Waals surface area contributed by atoms with E-state index >= 15 is 0 Å². The summed E-state index contributed by atoms with van der Waals surface area (Å²) in [5.41, 5.74) is 0. The van der Waals surface area contributed by atoms with E-state index in [4.69, 9.17) is 0 Å². The molecule has 0 aromatic heterocycles. The van der Waals surface area contributed by atoms with E-state index in [1.54, 1.807) is 0 Å². The number of ketones is 1. The van der Waals surface area contributed by atoms with E-state index in [9.17, 15) is 4.79 Å². The number of likely N-dealkylation sites (N-methyl/N-ethyl adjacent to an activating group) is 1. The van der Waals surface area contributed by atoms with Crippen LogP contribution in [-0.4, -0.2) is 43.4 Å². The lowest BCUT2D eigenvalue weighted by atomic mass is 10.0. The Bertz CT molecular complexity index is 168. The van der Waals surface area contributed by atoms with Gasteiger partial charge in [-0.15, -0.1) is 0 Å². The Morgan fingerprint density at radius 3 is 2.75 bits per heavy atom. The van der Waals surface area contributed by atoms with Gasteiger partial charge in [-0.1, -0.05) is 13.8 Å². The lowest BCUT2D eigenvalue weighted by Gasteiger charge is -2.30. The first-order chi connectivity index (χ1) is 5.61. The molecule has 0 saturated carbocycles. The Hall–Kier alpha value is -0.410. The zero-order chi connectivity index (χ0) is 9.14. The Morgan fingerprint density at radius 2 is 2.25 bits per heavy atom. The first-order valence-electron chi connectivity index (χ1n) is 4.57. The van der Waals surface area contributed by atoms with Gasteiger partial charge in [-0.3, -0.25) is 4.79 Å². The van der Waals surface area contributed by atoms with Crippen LogP contribution < -0.4 is 5.32 Å². The smallest absolute Gasteiger partial charge is 0.153 e. The number of hydrogen-bond donors (Lipinski definition) is 1. The van der Waals surface area contributed by atoms with Crippen molar-refractivity contribution < 1.29 is 4.79 Å². The van der Waals surface area contributed by atoms with E-state index in [-0.39, 0.29) is 12.0 Å². The predicted octanol–water partition coefficient (Wildman–Crippen LogP) is 0.115. The first kappa shape index (κ1) is 9.68. The second kappa shape index (κ2) is 4.01. The van der Waals surface area contributed by atoms with Crippen LogP contribution in [0.2, 0.25) is 0 Å². The van der Waals surface area contributed by atoms with E-state index in [1.165, 1.54) is 0 Å². The Balaban J connectivity index is 2.46. The quantitative estimate of drug-likeness (QED) is 0.638. The van der Waals surface area contributed by atoms with Gasteiger partial charge in [-0.25, -0.2) is 0 Å². The largest absolute Gasteiger partial charge is 0.305 e. The van der Waals surface area contributed by atoms with Gasteiger partial charge in [0.05, 0.1) is 6.04 Å². The van der Waals surface area contributed by atoms with Crippen LogP contribution >= 0.6 is 0 Å². The van der Waals surface area contributed by atoms with Crippen LogP contribution in [0.1, 0.15) is 13.8 Å². The first-order valence-corrected chi connectivity index (χ1v) is 4.57. The normalized spacial score (nSPS) is 26.2. The monoisotopic (exact) mass is 170 g/mol. The molecule has 1 rings (SSSR count). The van der Waals surface area contributed by atoms with Crippen LogP contribution in [-0.2, 0) is 4.79 Å². The standard InChI is InChI=1S/C9H18N2O/c1-7(2)9(12)8-6-11(3)5-4-10-8/h7-8,10H,4-6H2,1-3H3. The summed E-state index contributed by atoms with van der Waals surface area (Å²) in [6, 6.07) is 0.0590. The molecule has 0 bridgehead atoms. The molecule has 0 aromatic rings. The molecular weight excluding hydrogens is 152 g/mol. The molecule has 1 N–H and O–H groups in total. The van der Waals surface area contributed by atoms with Gasteiger partial charge in [0.2, 0.25) is 0 Å². The molecule has 0 spiro atoms. The summed E-state index contributed by atoms with van der Waals surface area (Å²) in [7, 11) is 2.06. The van der Waals surface area contributed by atoms with Gasteiger partial charge in [-0.05, 0) is 7.05 Å². The fourth-order valence-corrected chi connectivity index (χ4v) is 1.49. The highest BCUT2D eigenvalue weighted by Crippen LogP contribution is 2.04. The van der Waals surface area contributed by atoms with E-state index in [0.29, 0.717) is 5.78 Å². The number of nitrogens with zero attached hydrogens (tertiary/aromatic N) is 1. The topological polar surface area (TPSA) is 32.3 Å². The molecule has 1 aliphatic rings. The second-order valence-electron chi connectivity index (χ2n) is 3.83. The lowest BCUT2D eigenvalue weighted by Crippen LogP contribution is -2.53. The Kier molecular flexibility index (Phi) is 3.23. The zero-order valence-electron chi connectivity index (χ0n) is 8.13. The highest BCUT2D eigenvalue weighted by Gasteiger charge is 2.24. The maximum Gasteiger partial charge on any atom is 0.153 e. The Morgan fingerprint density at radius 1 is 1.58 bits per heavy atom. The summed E-state index contributed by atoms with van der Waals surface area (Å²) >= 11 is 0. The van der Waals surface area contributed by atoms with Crippen molar-refractivity contribution in [3.63, 3.8) is 0 Å². The van der Waals surface area contributed by atoms with Crippen molar-refractivity contribution in [2.75, 3.05) is 26.7 Å². The number of carbonyl (C=O) groups is 1. The third-order valence-electron chi connectivity index (χ3n) is 2.29. The van der Waals surface area contributed by atoms with E-state index < -0.39 is 0 Å². The molecular formula is C9H18N2O. The molecule has 0 aromatic carbocycles. The molecule has 1 aliphatic heterocycles. The van der Waals surface area contributed by atoms with Gasteiger partial charge in [0, 0.05) is 25.6 Å². The van der Waals surface area contributed by atoms with Crippen molar-refractivity contribution >= 4 is 5.78 Å². The number of piperazine rings is 1. The summed E-state index contributed by atoms with van der Waals surface area (Å²) < 4.78 is 0. The SMILES string of the molecule is CC(C)C(=O)C1CN(C)CCN1. The van der Waals surface area contributed by atoms with Gasteiger partial charge in [0.15, 0.2) is 5.78 Å². The molecule has 70 valence electrons. The van der Waals surface area contributed by atoms with Crippen molar-refractivity contribution in [2.45, 2.75) is 19.9 Å². The van der Waals surface area contributed by atoms with Crippen molar-refractivity contribution in [1.82, 2.24) is 10.2 Å². The van der Waals surface area contributed by atoms with E-state index in [0.717, 1.165) is 19.6 Å². The third kappa shape index (κ3) is 2.29. The van der Waals surface area contributed by atoms with Gasteiger partial charge >= 0.3 is 0 Å². The van der Waals surface area contributed by atoms with Crippen molar-refractivity contribution in [2.24, 2.45) is 5.92 Å². The summed E-state index contributed by atoms with van der Waals surface area (Å²) in [5, 5.41) is 3.24. The summed E-state index contributed by atoms with van der Waals surface area (Å²) in [4.78, 5) is 13.8. The van der Waals surface area contributed by atoms with Gasteiger partial charge in [-0.2, -0.15) is 0 Å². The number of nitrogens with one attached hydrogen (secondary N) is 1. The fourth-order valence-electron chi connectivity index (χ4n) is 1.49. The molecule has 3 heteroatoms. The van der Waals surface area contributed by atoms with Crippen LogP contribution in [0.5, 0.6) is 0 Å². The average molecular weight is 170 g/mol. The van der Waals surface area contributed by atoms with Crippen LogP contribution in [0.25, 0.3) is 0 Å². The van der Waals surface area contributed by atoms with Gasteiger partial charge in [0.1, 0.15) is 0 Å². The minimum absolute atomic E-state index is 0.0590. The number of carbonyl (C=O) groups excluding carboxylic acids is 1. The van der Waals surface area contributed by atoms with Gasteiger partial charge in [0.25, 0.3) is 0 Å². The van der Waals surface area contributed by atoms with E-state index in [2.05, 4.69) is 17.3 Å². The van der Waals surface area contributed by atoms with Crippen molar-refractivity contribution in [3.8, 4) is 0 Å². The minimum atomic E-state index is 0.0590. The van der Waals surface area contributed by atoms with Crippen molar-refractivity contribution in [3.05, 3.63) is 0 Å². The molecule has 1 saturated heterocycles. The summed E-state index contributed by atoms with van der Waals surface area (Å²) in [6.07, 6.45) is 0. The van der Waals surface area contributed by atoms with Crippen LogP contribution in [0.3, 0.4) is 0 Å². The summed E-state index contributed by atoms with van der Waals surface area (Å²) in [5.74, 6) is 0.482. The zero-order valence-corrected chi connectivity index (χ0v) is 8.13. The fraction of sp³-hybridized carbons (Fsp3) is 0.889. The van der Waals surface area contributed by atoms with Crippen LogP contribution in [0, 0.1) is 5.92 Å². The minimum Gasteiger partial charge on any atom is -0.305 e. The van der Waals surface area contributed by atoms with Crippen LogP contribution in [0.15, 0.2) is 0 Å². The number of hydrogen-bond acceptors (Lipinski definition) is 3.